The van der Waals surface area contributed by atoms with Crippen LogP contribution < -0.4 is 5.32 Å². The number of carbonyl (C=O) groups is 2. The van der Waals surface area contributed by atoms with Gasteiger partial charge in [0.05, 0.1) is 12.5 Å². The van der Waals surface area contributed by atoms with Crippen LogP contribution in [-0.4, -0.2) is 41.0 Å². The highest BCUT2D eigenvalue weighted by Gasteiger charge is 2.32. The van der Waals surface area contributed by atoms with Crippen LogP contribution in [-0.2, 0) is 9.59 Å². The summed E-state index contributed by atoms with van der Waals surface area (Å²) in [5, 5.41) is 11.9. The topological polar surface area (TPSA) is 69.6 Å². The van der Waals surface area contributed by atoms with Crippen molar-refractivity contribution >= 4 is 17.6 Å². The number of aliphatic carboxylic acids is 1. The zero-order valence-corrected chi connectivity index (χ0v) is 12.5. The Morgan fingerprint density at radius 2 is 2.14 bits per heavy atom. The Morgan fingerprint density at radius 3 is 2.71 bits per heavy atom. The molecule has 1 aliphatic carbocycles. The molecule has 21 heavy (non-hydrogen) atoms. The molecule has 1 aromatic carbocycles. The lowest BCUT2D eigenvalue weighted by Gasteiger charge is -2.23. The first kappa shape index (κ1) is 15.5. The second kappa shape index (κ2) is 6.72. The first-order valence-electron chi connectivity index (χ1n) is 7.29. The molecule has 1 saturated carbocycles. The molecular formula is C16H22N2O3. The number of aryl methyl sites for hydroxylation is 1. The molecule has 0 bridgehead atoms. The Morgan fingerprint density at radius 1 is 1.43 bits per heavy atom. The molecule has 0 saturated heterocycles. The van der Waals surface area contributed by atoms with Gasteiger partial charge in [-0.15, -0.1) is 0 Å². The van der Waals surface area contributed by atoms with Crippen molar-refractivity contribution in [3.8, 4) is 0 Å². The molecule has 1 atom stereocenters. The summed E-state index contributed by atoms with van der Waals surface area (Å²) in [7, 11) is 0. The highest BCUT2D eigenvalue weighted by Crippen LogP contribution is 2.27. The van der Waals surface area contributed by atoms with Crippen molar-refractivity contribution in [3.63, 3.8) is 0 Å². The van der Waals surface area contributed by atoms with Crippen molar-refractivity contribution in [2.24, 2.45) is 5.92 Å². The van der Waals surface area contributed by atoms with E-state index in [1.54, 1.807) is 6.92 Å². The van der Waals surface area contributed by atoms with Gasteiger partial charge in [0, 0.05) is 18.3 Å². The summed E-state index contributed by atoms with van der Waals surface area (Å²) < 4.78 is 0. The molecule has 0 heterocycles. The van der Waals surface area contributed by atoms with E-state index in [0.29, 0.717) is 12.6 Å². The van der Waals surface area contributed by atoms with Crippen molar-refractivity contribution < 1.29 is 14.7 Å². The Hall–Kier alpha value is -1.88. The first-order valence-corrected chi connectivity index (χ1v) is 7.29. The molecule has 1 aromatic rings. The van der Waals surface area contributed by atoms with Crippen molar-refractivity contribution in [2.45, 2.75) is 32.7 Å². The molecule has 1 aliphatic rings. The Labute approximate surface area is 125 Å². The third-order valence-corrected chi connectivity index (χ3v) is 3.64. The summed E-state index contributed by atoms with van der Waals surface area (Å²) >= 11 is 0. The van der Waals surface area contributed by atoms with Crippen molar-refractivity contribution in [1.82, 2.24) is 4.90 Å². The number of carboxylic acids is 1. The average Bonchev–Trinajstić information content (AvgIpc) is 3.21. The lowest BCUT2D eigenvalue weighted by molar-refractivity contribution is -0.142. The maximum Gasteiger partial charge on any atom is 0.307 e. The zero-order valence-electron chi connectivity index (χ0n) is 12.5. The number of rotatable bonds is 7. The molecule has 0 aromatic heterocycles. The molecule has 1 amide bonds. The molecule has 5 heteroatoms. The van der Waals surface area contributed by atoms with Crippen LogP contribution in [0.15, 0.2) is 24.3 Å². The minimum absolute atomic E-state index is 0.0925. The summed E-state index contributed by atoms with van der Waals surface area (Å²) in [6.07, 6.45) is 2.09. The smallest absolute Gasteiger partial charge is 0.307 e. The number of nitrogens with zero attached hydrogens (tertiary/aromatic N) is 1. The molecule has 2 rings (SSSR count). The van der Waals surface area contributed by atoms with Crippen LogP contribution in [0.5, 0.6) is 0 Å². The number of nitrogens with one attached hydrogen (secondary N) is 1. The van der Waals surface area contributed by atoms with Gasteiger partial charge in [0.1, 0.15) is 0 Å². The van der Waals surface area contributed by atoms with E-state index in [1.165, 1.54) is 0 Å². The van der Waals surface area contributed by atoms with Crippen LogP contribution in [0.3, 0.4) is 0 Å². The number of anilines is 1. The minimum Gasteiger partial charge on any atom is -0.481 e. The van der Waals surface area contributed by atoms with Crippen LogP contribution in [0.1, 0.15) is 25.3 Å². The van der Waals surface area contributed by atoms with Crippen molar-refractivity contribution in [1.29, 1.82) is 0 Å². The van der Waals surface area contributed by atoms with E-state index < -0.39 is 11.9 Å². The monoisotopic (exact) mass is 290 g/mol. The van der Waals surface area contributed by atoms with Gasteiger partial charge >= 0.3 is 5.97 Å². The van der Waals surface area contributed by atoms with Gasteiger partial charge in [0.25, 0.3) is 0 Å². The van der Waals surface area contributed by atoms with Crippen molar-refractivity contribution in [2.75, 3.05) is 18.4 Å². The lowest BCUT2D eigenvalue weighted by atomic mass is 10.1. The largest absolute Gasteiger partial charge is 0.481 e. The summed E-state index contributed by atoms with van der Waals surface area (Å²) in [6.45, 7) is 4.31. The fourth-order valence-electron chi connectivity index (χ4n) is 2.32. The average molecular weight is 290 g/mol. The maximum atomic E-state index is 12.1. The van der Waals surface area contributed by atoms with Gasteiger partial charge in [0.15, 0.2) is 0 Å². The number of carbonyl (C=O) groups excluding carboxylic acids is 1. The SMILES string of the molecule is Cc1cccc(NC(=O)CN(CC(C)C(=O)O)C2CC2)c1. The second-order valence-corrected chi connectivity index (χ2v) is 5.82. The van der Waals surface area contributed by atoms with Gasteiger partial charge in [-0.3, -0.25) is 14.5 Å². The zero-order chi connectivity index (χ0) is 15.4. The fourth-order valence-corrected chi connectivity index (χ4v) is 2.32. The molecular weight excluding hydrogens is 268 g/mol. The molecule has 0 spiro atoms. The highest BCUT2D eigenvalue weighted by atomic mass is 16.4. The molecule has 5 nitrogen and oxygen atoms in total. The Kier molecular flexibility index (Phi) is 4.96. The van der Waals surface area contributed by atoms with Gasteiger partial charge in [0.2, 0.25) is 5.91 Å². The number of carboxylic acid groups (broad SMARTS) is 1. The van der Waals surface area contributed by atoms with E-state index in [2.05, 4.69) is 5.32 Å². The summed E-state index contributed by atoms with van der Waals surface area (Å²) in [5.41, 5.74) is 1.87. The van der Waals surface area contributed by atoms with E-state index in [-0.39, 0.29) is 12.5 Å². The van der Waals surface area contributed by atoms with Crippen LogP contribution in [0, 0.1) is 12.8 Å². The molecule has 1 unspecified atom stereocenters. The summed E-state index contributed by atoms with van der Waals surface area (Å²) in [6, 6.07) is 8.00. The van der Waals surface area contributed by atoms with Crippen molar-refractivity contribution in [3.05, 3.63) is 29.8 Å². The fraction of sp³-hybridized carbons (Fsp3) is 0.500. The molecule has 0 radical (unpaired) electrons. The third kappa shape index (κ3) is 4.86. The van der Waals surface area contributed by atoms with Gasteiger partial charge in [-0.1, -0.05) is 19.1 Å². The normalized spacial score (nSPS) is 15.8. The lowest BCUT2D eigenvalue weighted by Crippen LogP contribution is -2.39. The predicted octanol–water partition coefficient (Wildman–Crippen LogP) is 2.12. The Bertz CT molecular complexity index is 526. The van der Waals surface area contributed by atoms with E-state index in [9.17, 15) is 9.59 Å². The maximum absolute atomic E-state index is 12.1. The highest BCUT2D eigenvalue weighted by molar-refractivity contribution is 5.92. The number of benzene rings is 1. The predicted molar refractivity (Wildman–Crippen MR) is 81.2 cm³/mol. The standard InChI is InChI=1S/C16H22N2O3/c1-11-4-3-5-13(8-11)17-15(19)10-18(14-6-7-14)9-12(2)16(20)21/h3-5,8,12,14H,6-7,9-10H2,1-2H3,(H,17,19)(H,20,21). The van der Waals surface area contributed by atoms with Gasteiger partial charge in [-0.05, 0) is 37.5 Å². The summed E-state index contributed by atoms with van der Waals surface area (Å²) in [5.74, 6) is -1.37. The summed E-state index contributed by atoms with van der Waals surface area (Å²) in [4.78, 5) is 25.1. The Balaban J connectivity index is 1.91. The number of hydrogen-bond acceptors (Lipinski definition) is 3. The molecule has 0 aliphatic heterocycles. The van der Waals surface area contributed by atoms with E-state index in [4.69, 9.17) is 5.11 Å². The van der Waals surface area contributed by atoms with Gasteiger partial charge < -0.3 is 10.4 Å². The molecule has 114 valence electrons. The van der Waals surface area contributed by atoms with E-state index in [1.807, 2.05) is 36.1 Å². The quantitative estimate of drug-likeness (QED) is 0.807. The van der Waals surface area contributed by atoms with Crippen LogP contribution >= 0.6 is 0 Å². The minimum atomic E-state index is -0.820. The van der Waals surface area contributed by atoms with Crippen LogP contribution in [0.25, 0.3) is 0 Å². The second-order valence-electron chi connectivity index (χ2n) is 5.82. The van der Waals surface area contributed by atoms with Gasteiger partial charge in [-0.2, -0.15) is 0 Å². The molecule has 2 N–H and O–H groups in total. The first-order chi connectivity index (χ1) is 9.95. The van der Waals surface area contributed by atoms with Crippen LogP contribution in [0.4, 0.5) is 5.69 Å². The van der Waals surface area contributed by atoms with Gasteiger partial charge in [-0.25, -0.2) is 0 Å². The van der Waals surface area contributed by atoms with E-state index >= 15 is 0 Å². The number of hydrogen-bond donors (Lipinski definition) is 2. The molecule has 1 fully saturated rings. The van der Waals surface area contributed by atoms with E-state index in [0.717, 1.165) is 24.1 Å². The third-order valence-electron chi connectivity index (χ3n) is 3.64. The number of amides is 1. The van der Waals surface area contributed by atoms with Crippen LogP contribution in [0.2, 0.25) is 0 Å².